The summed E-state index contributed by atoms with van der Waals surface area (Å²) >= 11 is 0. The first-order valence-corrected chi connectivity index (χ1v) is 5.75. The van der Waals surface area contributed by atoms with Crippen molar-refractivity contribution < 1.29 is 13.2 Å². The van der Waals surface area contributed by atoms with Crippen LogP contribution in [-0.2, 0) is 6.18 Å². The maximum Gasteiger partial charge on any atom is 0.433 e. The lowest BCUT2D eigenvalue weighted by Gasteiger charge is -2.22. The number of anilines is 2. The van der Waals surface area contributed by atoms with E-state index < -0.39 is 11.9 Å². The highest BCUT2D eigenvalue weighted by molar-refractivity contribution is 5.66. The van der Waals surface area contributed by atoms with Crippen LogP contribution in [0, 0.1) is 5.92 Å². The lowest BCUT2D eigenvalue weighted by Crippen LogP contribution is -2.22. The molecular formula is C12H18F3N3. The van der Waals surface area contributed by atoms with Gasteiger partial charge >= 0.3 is 6.18 Å². The molecular weight excluding hydrogens is 243 g/mol. The first-order chi connectivity index (χ1) is 8.21. The molecule has 1 aromatic rings. The number of aromatic nitrogens is 1. The molecule has 0 aliphatic rings. The van der Waals surface area contributed by atoms with Crippen LogP contribution >= 0.6 is 0 Å². The van der Waals surface area contributed by atoms with E-state index in [1.54, 1.807) is 11.9 Å². The van der Waals surface area contributed by atoms with Crippen LogP contribution in [-0.4, -0.2) is 18.6 Å². The fraction of sp³-hybridized carbons (Fsp3) is 0.583. The standard InChI is InChI=1S/C12H18F3N3/c1-8(2)4-5-18(3)10-6-11(12(13,14)15)17-7-9(10)16/h6-8H,4-5,16H2,1-3H3. The summed E-state index contributed by atoms with van der Waals surface area (Å²) < 4.78 is 37.7. The van der Waals surface area contributed by atoms with Gasteiger partial charge in [-0.05, 0) is 18.4 Å². The van der Waals surface area contributed by atoms with Gasteiger partial charge in [0.1, 0.15) is 5.69 Å². The lowest BCUT2D eigenvalue weighted by molar-refractivity contribution is -0.141. The topological polar surface area (TPSA) is 42.2 Å². The van der Waals surface area contributed by atoms with E-state index in [2.05, 4.69) is 18.8 Å². The predicted molar refractivity (Wildman–Crippen MR) is 66.4 cm³/mol. The molecule has 0 fully saturated rings. The zero-order valence-corrected chi connectivity index (χ0v) is 10.8. The minimum atomic E-state index is -4.44. The molecule has 1 heterocycles. The van der Waals surface area contributed by atoms with Gasteiger partial charge in [0.25, 0.3) is 0 Å². The van der Waals surface area contributed by atoms with E-state index in [-0.39, 0.29) is 5.69 Å². The summed E-state index contributed by atoms with van der Waals surface area (Å²) in [6.07, 6.45) is -2.50. The first kappa shape index (κ1) is 14.6. The molecule has 0 saturated carbocycles. The Kier molecular flexibility index (Phi) is 4.43. The van der Waals surface area contributed by atoms with E-state index in [9.17, 15) is 13.2 Å². The molecule has 0 aromatic carbocycles. The number of hydrogen-bond donors (Lipinski definition) is 1. The van der Waals surface area contributed by atoms with Crippen molar-refractivity contribution >= 4 is 11.4 Å². The Bertz CT molecular complexity index is 402. The van der Waals surface area contributed by atoms with Crippen molar-refractivity contribution in [1.82, 2.24) is 4.98 Å². The van der Waals surface area contributed by atoms with Gasteiger partial charge in [0.15, 0.2) is 0 Å². The molecule has 18 heavy (non-hydrogen) atoms. The molecule has 0 aliphatic carbocycles. The van der Waals surface area contributed by atoms with Crippen molar-refractivity contribution in [2.75, 3.05) is 24.2 Å². The number of alkyl halides is 3. The van der Waals surface area contributed by atoms with Crippen LogP contribution in [0.25, 0.3) is 0 Å². The zero-order chi connectivity index (χ0) is 13.9. The molecule has 0 unspecified atom stereocenters. The van der Waals surface area contributed by atoms with Crippen molar-refractivity contribution in [3.8, 4) is 0 Å². The molecule has 6 heteroatoms. The molecule has 1 rings (SSSR count). The molecule has 102 valence electrons. The molecule has 0 bridgehead atoms. The highest BCUT2D eigenvalue weighted by Crippen LogP contribution is 2.32. The fourth-order valence-corrected chi connectivity index (χ4v) is 1.51. The molecule has 0 aliphatic heterocycles. The Hall–Kier alpha value is -1.46. The molecule has 0 spiro atoms. The molecule has 0 saturated heterocycles. The lowest BCUT2D eigenvalue weighted by atomic mass is 10.1. The Morgan fingerprint density at radius 2 is 2.00 bits per heavy atom. The zero-order valence-electron chi connectivity index (χ0n) is 10.8. The number of hydrogen-bond acceptors (Lipinski definition) is 3. The van der Waals surface area contributed by atoms with Gasteiger partial charge in [-0.25, -0.2) is 4.98 Å². The maximum atomic E-state index is 12.6. The quantitative estimate of drug-likeness (QED) is 0.905. The van der Waals surface area contributed by atoms with Crippen LogP contribution < -0.4 is 10.6 Å². The number of rotatable bonds is 4. The number of halogens is 3. The van der Waals surface area contributed by atoms with Crippen LogP contribution in [0.3, 0.4) is 0 Å². The second-order valence-electron chi connectivity index (χ2n) is 4.73. The Labute approximate surface area is 105 Å². The minimum absolute atomic E-state index is 0.259. The third-order valence-corrected chi connectivity index (χ3v) is 2.66. The molecule has 0 radical (unpaired) electrons. The van der Waals surface area contributed by atoms with Crippen molar-refractivity contribution in [1.29, 1.82) is 0 Å². The summed E-state index contributed by atoms with van der Waals surface area (Å²) in [7, 11) is 1.73. The molecule has 3 nitrogen and oxygen atoms in total. The Morgan fingerprint density at radius 1 is 1.39 bits per heavy atom. The van der Waals surface area contributed by atoms with Crippen LogP contribution in [0.5, 0.6) is 0 Å². The van der Waals surface area contributed by atoms with E-state index in [1.807, 2.05) is 0 Å². The Balaban J connectivity index is 2.93. The van der Waals surface area contributed by atoms with Crippen LogP contribution in [0.2, 0.25) is 0 Å². The normalized spacial score (nSPS) is 11.9. The van der Waals surface area contributed by atoms with E-state index in [1.165, 1.54) is 0 Å². The minimum Gasteiger partial charge on any atom is -0.396 e. The highest BCUT2D eigenvalue weighted by atomic mass is 19.4. The summed E-state index contributed by atoms with van der Waals surface area (Å²) in [5.41, 5.74) is 5.39. The van der Waals surface area contributed by atoms with Crippen molar-refractivity contribution in [3.63, 3.8) is 0 Å². The van der Waals surface area contributed by atoms with Crippen LogP contribution in [0.4, 0.5) is 24.5 Å². The van der Waals surface area contributed by atoms with Crippen LogP contribution in [0.15, 0.2) is 12.3 Å². The SMILES string of the molecule is CC(C)CCN(C)c1cc(C(F)(F)F)ncc1N. The van der Waals surface area contributed by atoms with Gasteiger partial charge < -0.3 is 10.6 Å². The van der Waals surface area contributed by atoms with Gasteiger partial charge in [0.2, 0.25) is 0 Å². The highest BCUT2D eigenvalue weighted by Gasteiger charge is 2.33. The molecule has 2 N–H and O–H groups in total. The molecule has 0 amide bonds. The predicted octanol–water partition coefficient (Wildman–Crippen LogP) is 3.16. The van der Waals surface area contributed by atoms with Gasteiger partial charge in [-0.1, -0.05) is 13.8 Å². The summed E-state index contributed by atoms with van der Waals surface area (Å²) in [6.45, 7) is 4.78. The average Bonchev–Trinajstić information content (AvgIpc) is 2.24. The summed E-state index contributed by atoms with van der Waals surface area (Å²) in [5, 5.41) is 0. The van der Waals surface area contributed by atoms with Gasteiger partial charge in [-0.3, -0.25) is 0 Å². The smallest absolute Gasteiger partial charge is 0.396 e. The number of nitrogens with two attached hydrogens (primary N) is 1. The number of nitrogens with zero attached hydrogens (tertiary/aromatic N) is 2. The van der Waals surface area contributed by atoms with Gasteiger partial charge in [0, 0.05) is 13.6 Å². The van der Waals surface area contributed by atoms with Gasteiger partial charge in [0.05, 0.1) is 17.6 Å². The maximum absolute atomic E-state index is 12.6. The van der Waals surface area contributed by atoms with E-state index >= 15 is 0 Å². The molecule has 0 atom stereocenters. The van der Waals surface area contributed by atoms with Crippen molar-refractivity contribution in [3.05, 3.63) is 18.0 Å². The van der Waals surface area contributed by atoms with E-state index in [0.29, 0.717) is 18.2 Å². The summed E-state index contributed by atoms with van der Waals surface area (Å²) in [5.74, 6) is 0.484. The second kappa shape index (κ2) is 5.46. The molecule has 1 aromatic heterocycles. The Morgan fingerprint density at radius 3 is 2.50 bits per heavy atom. The van der Waals surface area contributed by atoms with E-state index in [0.717, 1.165) is 18.7 Å². The van der Waals surface area contributed by atoms with Gasteiger partial charge in [-0.15, -0.1) is 0 Å². The summed E-state index contributed by atoms with van der Waals surface area (Å²) in [4.78, 5) is 5.04. The average molecular weight is 261 g/mol. The first-order valence-electron chi connectivity index (χ1n) is 5.75. The number of pyridine rings is 1. The fourth-order valence-electron chi connectivity index (χ4n) is 1.51. The van der Waals surface area contributed by atoms with Crippen molar-refractivity contribution in [2.45, 2.75) is 26.4 Å². The summed E-state index contributed by atoms with van der Waals surface area (Å²) in [6, 6.07) is 0.996. The third-order valence-electron chi connectivity index (χ3n) is 2.66. The third kappa shape index (κ3) is 3.78. The monoisotopic (exact) mass is 261 g/mol. The number of nitrogen functional groups attached to an aromatic ring is 1. The van der Waals surface area contributed by atoms with Gasteiger partial charge in [-0.2, -0.15) is 13.2 Å². The van der Waals surface area contributed by atoms with Crippen molar-refractivity contribution in [2.24, 2.45) is 5.92 Å². The van der Waals surface area contributed by atoms with E-state index in [4.69, 9.17) is 5.73 Å². The second-order valence-corrected chi connectivity index (χ2v) is 4.73. The van der Waals surface area contributed by atoms with Crippen LogP contribution in [0.1, 0.15) is 26.0 Å². The largest absolute Gasteiger partial charge is 0.433 e.